The molecule has 2 unspecified atom stereocenters. The number of carbonyl (C=O) groups is 1. The number of nitrogens with two attached hydrogens (primary N) is 2. The number of hydrogen-bond donors (Lipinski definition) is 2. The Bertz CT molecular complexity index is 550. The fourth-order valence-corrected chi connectivity index (χ4v) is 2.79. The number of benzene rings is 1. The number of hydrogen-bond acceptors (Lipinski definition) is 2. The van der Waals surface area contributed by atoms with Crippen molar-refractivity contribution in [2.24, 2.45) is 22.4 Å². The number of nitrogens with zero attached hydrogens (tertiary/aromatic N) is 1. The minimum Gasteiger partial charge on any atom is -0.493 e. The first-order chi connectivity index (χ1) is 9.16. The van der Waals surface area contributed by atoms with Crippen LogP contribution in [0.5, 0.6) is 5.75 Å². The van der Waals surface area contributed by atoms with Gasteiger partial charge in [0.1, 0.15) is 5.75 Å². The Kier molecular flexibility index (Phi) is 2.89. The summed E-state index contributed by atoms with van der Waals surface area (Å²) < 4.78 is 5.65. The maximum absolute atomic E-state index is 11.8. The van der Waals surface area contributed by atoms with Crippen LogP contribution in [0.1, 0.15) is 29.9 Å². The van der Waals surface area contributed by atoms with Crippen LogP contribution < -0.4 is 16.2 Å². The molecule has 2 aliphatic rings. The zero-order valence-corrected chi connectivity index (χ0v) is 10.6. The molecule has 5 heteroatoms. The Morgan fingerprint density at radius 2 is 2.21 bits per heavy atom. The summed E-state index contributed by atoms with van der Waals surface area (Å²) in [4.78, 5) is 15.4. The normalized spacial score (nSPS) is 24.0. The highest BCUT2D eigenvalue weighted by molar-refractivity contribution is 5.94. The van der Waals surface area contributed by atoms with Crippen molar-refractivity contribution in [1.29, 1.82) is 0 Å². The molecular weight excluding hydrogens is 242 g/mol. The summed E-state index contributed by atoms with van der Waals surface area (Å²) in [6.07, 6.45) is 2.88. The number of ether oxygens (including phenoxy) is 1. The van der Waals surface area contributed by atoms with E-state index < -0.39 is 0 Å². The highest BCUT2D eigenvalue weighted by Crippen LogP contribution is 2.51. The van der Waals surface area contributed by atoms with Gasteiger partial charge in [0.05, 0.1) is 6.61 Å². The third-order valence-electron chi connectivity index (χ3n) is 3.74. The van der Waals surface area contributed by atoms with Gasteiger partial charge in [-0.2, -0.15) is 4.99 Å². The van der Waals surface area contributed by atoms with Crippen LogP contribution >= 0.6 is 0 Å². The maximum atomic E-state index is 11.8. The van der Waals surface area contributed by atoms with Crippen molar-refractivity contribution in [2.45, 2.75) is 25.2 Å². The van der Waals surface area contributed by atoms with Crippen molar-refractivity contribution in [1.82, 2.24) is 0 Å². The van der Waals surface area contributed by atoms with E-state index in [-0.39, 0.29) is 23.7 Å². The smallest absolute Gasteiger partial charge is 0.252 e. The van der Waals surface area contributed by atoms with E-state index in [4.69, 9.17) is 16.2 Å². The van der Waals surface area contributed by atoms with E-state index in [0.29, 0.717) is 0 Å². The first-order valence-electron chi connectivity index (χ1n) is 6.55. The SMILES string of the molecule is NC(N)=NC(=O)C1CC1c1cccc2c1CCCO2. The van der Waals surface area contributed by atoms with E-state index in [0.717, 1.165) is 31.6 Å². The predicted molar refractivity (Wildman–Crippen MR) is 71.9 cm³/mol. The largest absolute Gasteiger partial charge is 0.493 e. The van der Waals surface area contributed by atoms with Gasteiger partial charge < -0.3 is 16.2 Å². The van der Waals surface area contributed by atoms with E-state index in [1.165, 1.54) is 11.1 Å². The van der Waals surface area contributed by atoms with Crippen molar-refractivity contribution in [3.8, 4) is 5.75 Å². The summed E-state index contributed by atoms with van der Waals surface area (Å²) in [5.74, 6) is 0.764. The monoisotopic (exact) mass is 259 g/mol. The quantitative estimate of drug-likeness (QED) is 0.610. The molecular formula is C14H17N3O2. The molecule has 2 atom stereocenters. The first kappa shape index (κ1) is 12.0. The third-order valence-corrected chi connectivity index (χ3v) is 3.74. The lowest BCUT2D eigenvalue weighted by molar-refractivity contribution is -0.119. The van der Waals surface area contributed by atoms with Gasteiger partial charge in [0, 0.05) is 5.92 Å². The van der Waals surface area contributed by atoms with Gasteiger partial charge in [-0.25, -0.2) is 0 Å². The zero-order valence-electron chi connectivity index (χ0n) is 10.6. The van der Waals surface area contributed by atoms with Gasteiger partial charge in [-0.1, -0.05) is 12.1 Å². The molecule has 1 aliphatic carbocycles. The Morgan fingerprint density at radius 3 is 3.00 bits per heavy atom. The minimum absolute atomic E-state index is 0.0736. The van der Waals surface area contributed by atoms with Crippen molar-refractivity contribution in [2.75, 3.05) is 6.61 Å². The van der Waals surface area contributed by atoms with Gasteiger partial charge in [-0.3, -0.25) is 4.79 Å². The predicted octanol–water partition coefficient (Wildman–Crippen LogP) is 0.915. The van der Waals surface area contributed by atoms with Gasteiger partial charge in [-0.15, -0.1) is 0 Å². The number of amides is 1. The lowest BCUT2D eigenvalue weighted by Crippen LogP contribution is -2.24. The van der Waals surface area contributed by atoms with E-state index >= 15 is 0 Å². The molecule has 0 saturated heterocycles. The fourth-order valence-electron chi connectivity index (χ4n) is 2.79. The highest BCUT2D eigenvalue weighted by atomic mass is 16.5. The van der Waals surface area contributed by atoms with E-state index in [1.54, 1.807) is 0 Å². The molecule has 0 spiro atoms. The van der Waals surface area contributed by atoms with Crippen LogP contribution in [0.3, 0.4) is 0 Å². The lowest BCUT2D eigenvalue weighted by atomic mass is 9.96. The molecule has 19 heavy (non-hydrogen) atoms. The number of rotatable bonds is 2. The molecule has 0 bridgehead atoms. The van der Waals surface area contributed by atoms with Crippen molar-refractivity contribution >= 4 is 11.9 Å². The molecule has 1 fully saturated rings. The summed E-state index contributed by atoms with van der Waals surface area (Å²) >= 11 is 0. The molecule has 1 aromatic carbocycles. The molecule has 1 amide bonds. The van der Waals surface area contributed by atoms with Gasteiger partial charge in [0.15, 0.2) is 5.96 Å². The molecule has 1 saturated carbocycles. The summed E-state index contributed by atoms with van der Waals surface area (Å²) in [5.41, 5.74) is 13.0. The van der Waals surface area contributed by atoms with Gasteiger partial charge >= 0.3 is 0 Å². The Hall–Kier alpha value is -2.04. The third kappa shape index (κ3) is 2.28. The number of carbonyl (C=O) groups excluding carboxylic acids is 1. The molecule has 1 aliphatic heterocycles. The van der Waals surface area contributed by atoms with Gasteiger partial charge in [-0.05, 0) is 42.4 Å². The fraction of sp³-hybridized carbons (Fsp3) is 0.429. The van der Waals surface area contributed by atoms with Crippen LogP contribution in [0.4, 0.5) is 0 Å². The molecule has 4 N–H and O–H groups in total. The van der Waals surface area contributed by atoms with Crippen LogP contribution in [-0.4, -0.2) is 18.5 Å². The second-order valence-corrected chi connectivity index (χ2v) is 5.10. The maximum Gasteiger partial charge on any atom is 0.252 e. The van der Waals surface area contributed by atoms with Crippen molar-refractivity contribution < 1.29 is 9.53 Å². The zero-order chi connectivity index (χ0) is 13.4. The number of guanidine groups is 1. The Balaban J connectivity index is 1.82. The summed E-state index contributed by atoms with van der Waals surface area (Å²) in [7, 11) is 0. The van der Waals surface area contributed by atoms with E-state index in [2.05, 4.69) is 11.1 Å². The van der Waals surface area contributed by atoms with Crippen molar-refractivity contribution in [3.63, 3.8) is 0 Å². The second-order valence-electron chi connectivity index (χ2n) is 5.10. The number of aliphatic imine (C=N–C) groups is 1. The minimum atomic E-state index is -0.209. The first-order valence-corrected chi connectivity index (χ1v) is 6.55. The topological polar surface area (TPSA) is 90.7 Å². The average Bonchev–Trinajstić information content (AvgIpc) is 3.17. The summed E-state index contributed by atoms with van der Waals surface area (Å²) in [5, 5.41) is 0. The molecule has 1 heterocycles. The van der Waals surface area contributed by atoms with Crippen molar-refractivity contribution in [3.05, 3.63) is 29.3 Å². The van der Waals surface area contributed by atoms with E-state index in [9.17, 15) is 4.79 Å². The molecule has 1 aromatic rings. The van der Waals surface area contributed by atoms with Crippen LogP contribution in [0.15, 0.2) is 23.2 Å². The number of fused-ring (bicyclic) bond motifs is 1. The molecule has 100 valence electrons. The van der Waals surface area contributed by atoms with Gasteiger partial charge in [0.2, 0.25) is 0 Å². The van der Waals surface area contributed by atoms with Crippen LogP contribution in [0, 0.1) is 5.92 Å². The standard InChI is InChI=1S/C14H17N3O2/c15-14(16)17-13(18)11-7-10(11)8-3-1-5-12-9(8)4-2-6-19-12/h1,3,5,10-11H,2,4,6-7H2,(H4,15,16,17,18). The summed E-state index contributed by atoms with van der Waals surface area (Å²) in [6, 6.07) is 6.06. The van der Waals surface area contributed by atoms with Gasteiger partial charge in [0.25, 0.3) is 5.91 Å². The molecule has 5 nitrogen and oxygen atoms in total. The second kappa shape index (κ2) is 4.57. The Labute approximate surface area is 111 Å². The molecule has 0 radical (unpaired) electrons. The highest BCUT2D eigenvalue weighted by Gasteiger charge is 2.45. The molecule has 3 rings (SSSR count). The van der Waals surface area contributed by atoms with Crippen LogP contribution in [0.2, 0.25) is 0 Å². The average molecular weight is 259 g/mol. The van der Waals surface area contributed by atoms with E-state index in [1.807, 2.05) is 12.1 Å². The van der Waals surface area contributed by atoms with Crippen LogP contribution in [-0.2, 0) is 11.2 Å². The van der Waals surface area contributed by atoms with Crippen LogP contribution in [0.25, 0.3) is 0 Å². The Morgan fingerprint density at radius 1 is 1.37 bits per heavy atom. The molecule has 0 aromatic heterocycles. The lowest BCUT2D eigenvalue weighted by Gasteiger charge is -2.20. The summed E-state index contributed by atoms with van der Waals surface area (Å²) in [6.45, 7) is 0.775.